The maximum Gasteiger partial charge on any atom is 0.332 e. The van der Waals surface area contributed by atoms with Crippen LogP contribution in [0.3, 0.4) is 0 Å². The third-order valence-corrected chi connectivity index (χ3v) is 4.93. The first-order valence-electron chi connectivity index (χ1n) is 6.65. The van der Waals surface area contributed by atoms with E-state index in [2.05, 4.69) is 17.1 Å². The van der Waals surface area contributed by atoms with Crippen LogP contribution in [0.15, 0.2) is 23.8 Å². The number of carbonyl (C=O) groups excluding carboxylic acids is 1. The molecule has 2 fully saturated rings. The van der Waals surface area contributed by atoms with E-state index >= 15 is 0 Å². The molecule has 1 aliphatic carbocycles. The van der Waals surface area contributed by atoms with Crippen molar-refractivity contribution in [2.45, 2.75) is 43.1 Å². The molecule has 18 heavy (non-hydrogen) atoms. The van der Waals surface area contributed by atoms with Crippen LogP contribution in [-0.4, -0.2) is 48.3 Å². The van der Waals surface area contributed by atoms with Gasteiger partial charge in [-0.05, 0) is 12.8 Å². The van der Waals surface area contributed by atoms with Crippen LogP contribution in [0.1, 0.15) is 19.3 Å². The number of piperidine rings is 1. The molecule has 0 saturated carbocycles. The lowest BCUT2D eigenvalue weighted by Crippen LogP contribution is -2.52. The van der Waals surface area contributed by atoms with Crippen molar-refractivity contribution in [2.75, 3.05) is 13.7 Å². The molecular formula is C14H17NO3. The standard InChI is InChI=1S/C14H17NO3/c1-17-11-4-5-12-14-7-10(15(12)8-11)3-2-9(14)6-13(16)18-14/h2-3,6,10-12H,4-5,7-8H2,1H3/t10-,11+,12-,14+/m1/s1. The molecule has 0 radical (unpaired) electrons. The van der Waals surface area contributed by atoms with Gasteiger partial charge in [-0.2, -0.15) is 0 Å². The SMILES string of the molecule is CO[C@H]1CC[C@H]2N(C1)[C@@H]1C=CC3=CC(=O)O[C@@]32C1. The van der Waals surface area contributed by atoms with Gasteiger partial charge in [0.25, 0.3) is 0 Å². The van der Waals surface area contributed by atoms with E-state index in [1.54, 1.807) is 13.2 Å². The molecule has 96 valence electrons. The lowest BCUT2D eigenvalue weighted by Gasteiger charge is -2.40. The second-order valence-electron chi connectivity index (χ2n) is 5.69. The summed E-state index contributed by atoms with van der Waals surface area (Å²) in [5.41, 5.74) is 0.724. The lowest BCUT2D eigenvalue weighted by atomic mass is 9.80. The minimum Gasteiger partial charge on any atom is -0.449 e. The van der Waals surface area contributed by atoms with Crippen LogP contribution in [0.25, 0.3) is 0 Å². The highest BCUT2D eigenvalue weighted by Gasteiger charge is 2.60. The maximum absolute atomic E-state index is 11.6. The molecule has 0 aromatic heterocycles. The van der Waals surface area contributed by atoms with E-state index in [1.165, 1.54) is 0 Å². The molecule has 3 aliphatic heterocycles. The predicted molar refractivity (Wildman–Crippen MR) is 65.0 cm³/mol. The molecule has 3 heterocycles. The minimum atomic E-state index is -0.352. The van der Waals surface area contributed by atoms with Gasteiger partial charge in [0, 0.05) is 37.8 Å². The molecule has 4 rings (SSSR count). The Bertz CT molecular complexity index is 470. The van der Waals surface area contributed by atoms with E-state index in [0.717, 1.165) is 31.4 Å². The van der Waals surface area contributed by atoms with Crippen LogP contribution in [-0.2, 0) is 14.3 Å². The van der Waals surface area contributed by atoms with Gasteiger partial charge in [-0.1, -0.05) is 12.2 Å². The van der Waals surface area contributed by atoms with Crippen LogP contribution in [0.2, 0.25) is 0 Å². The number of hydrogen-bond acceptors (Lipinski definition) is 4. The van der Waals surface area contributed by atoms with Crippen LogP contribution in [0.4, 0.5) is 0 Å². The molecule has 0 N–H and O–H groups in total. The summed E-state index contributed by atoms with van der Waals surface area (Å²) in [5.74, 6) is -0.175. The van der Waals surface area contributed by atoms with E-state index in [9.17, 15) is 4.79 Å². The van der Waals surface area contributed by atoms with E-state index in [-0.39, 0.29) is 11.6 Å². The molecule has 4 heteroatoms. The highest BCUT2D eigenvalue weighted by Crippen LogP contribution is 2.51. The summed E-state index contributed by atoms with van der Waals surface area (Å²) in [7, 11) is 1.78. The summed E-state index contributed by atoms with van der Waals surface area (Å²) >= 11 is 0. The van der Waals surface area contributed by atoms with E-state index in [0.29, 0.717) is 18.2 Å². The van der Waals surface area contributed by atoms with Crippen molar-refractivity contribution >= 4 is 5.97 Å². The van der Waals surface area contributed by atoms with Gasteiger partial charge in [-0.25, -0.2) is 4.79 Å². The Labute approximate surface area is 106 Å². The summed E-state index contributed by atoms with van der Waals surface area (Å²) in [6, 6.07) is 0.734. The zero-order valence-corrected chi connectivity index (χ0v) is 10.5. The van der Waals surface area contributed by atoms with Gasteiger partial charge in [0.2, 0.25) is 0 Å². The van der Waals surface area contributed by atoms with Crippen molar-refractivity contribution in [2.24, 2.45) is 0 Å². The van der Waals surface area contributed by atoms with E-state index < -0.39 is 0 Å². The summed E-state index contributed by atoms with van der Waals surface area (Å²) < 4.78 is 11.2. The van der Waals surface area contributed by atoms with Crippen LogP contribution >= 0.6 is 0 Å². The van der Waals surface area contributed by atoms with Crippen molar-refractivity contribution in [3.8, 4) is 0 Å². The molecule has 4 atom stereocenters. The van der Waals surface area contributed by atoms with E-state index in [4.69, 9.17) is 9.47 Å². The zero-order valence-electron chi connectivity index (χ0n) is 10.5. The molecule has 0 aromatic carbocycles. The molecule has 4 nitrogen and oxygen atoms in total. The maximum atomic E-state index is 11.6. The lowest BCUT2D eigenvalue weighted by molar-refractivity contribution is -0.149. The Kier molecular flexibility index (Phi) is 2.07. The Hall–Kier alpha value is -1.13. The van der Waals surface area contributed by atoms with Crippen molar-refractivity contribution in [3.05, 3.63) is 23.8 Å². The normalized spacial score (nSPS) is 45.5. The molecule has 0 amide bonds. The van der Waals surface area contributed by atoms with Crippen LogP contribution in [0, 0.1) is 0 Å². The molecular weight excluding hydrogens is 230 g/mol. The summed E-state index contributed by atoms with van der Waals surface area (Å²) in [6.07, 6.45) is 9.29. The number of rotatable bonds is 1. The number of hydrogen-bond donors (Lipinski definition) is 0. The van der Waals surface area contributed by atoms with Gasteiger partial charge in [0.15, 0.2) is 5.60 Å². The summed E-state index contributed by atoms with van der Waals surface area (Å²) in [5, 5.41) is 0. The monoisotopic (exact) mass is 247 g/mol. The van der Waals surface area contributed by atoms with Crippen LogP contribution < -0.4 is 0 Å². The second-order valence-corrected chi connectivity index (χ2v) is 5.69. The van der Waals surface area contributed by atoms with Gasteiger partial charge in [0.05, 0.1) is 12.1 Å². The van der Waals surface area contributed by atoms with Crippen molar-refractivity contribution in [1.82, 2.24) is 4.90 Å². The van der Waals surface area contributed by atoms with Crippen LogP contribution in [0.5, 0.6) is 0 Å². The fraction of sp³-hybridized carbons (Fsp3) is 0.643. The van der Waals surface area contributed by atoms with Gasteiger partial charge < -0.3 is 9.47 Å². The molecule has 0 unspecified atom stereocenters. The van der Waals surface area contributed by atoms with Crippen molar-refractivity contribution in [1.29, 1.82) is 0 Å². The number of ether oxygens (including phenoxy) is 2. The van der Waals surface area contributed by atoms with Crippen molar-refractivity contribution < 1.29 is 14.3 Å². The Morgan fingerprint density at radius 2 is 2.39 bits per heavy atom. The fourth-order valence-electron chi connectivity index (χ4n) is 4.11. The van der Waals surface area contributed by atoms with Gasteiger partial charge in [-0.15, -0.1) is 0 Å². The largest absolute Gasteiger partial charge is 0.449 e. The quantitative estimate of drug-likeness (QED) is 0.649. The molecule has 2 bridgehead atoms. The minimum absolute atomic E-state index is 0.175. The van der Waals surface area contributed by atoms with Gasteiger partial charge in [-0.3, -0.25) is 4.90 Å². The van der Waals surface area contributed by atoms with Crippen molar-refractivity contribution in [3.63, 3.8) is 0 Å². The number of nitrogens with zero attached hydrogens (tertiary/aromatic N) is 1. The molecule has 4 aliphatic rings. The fourth-order valence-corrected chi connectivity index (χ4v) is 4.11. The summed E-state index contributed by atoms with van der Waals surface area (Å²) in [6.45, 7) is 0.947. The zero-order chi connectivity index (χ0) is 12.3. The first-order chi connectivity index (χ1) is 8.73. The number of fused-ring (bicyclic) bond motifs is 3. The Morgan fingerprint density at radius 1 is 1.50 bits per heavy atom. The smallest absolute Gasteiger partial charge is 0.332 e. The topological polar surface area (TPSA) is 38.8 Å². The Morgan fingerprint density at radius 3 is 3.22 bits per heavy atom. The van der Waals surface area contributed by atoms with Gasteiger partial charge in [0.1, 0.15) is 0 Å². The second kappa shape index (κ2) is 3.45. The molecule has 1 spiro atoms. The highest BCUT2D eigenvalue weighted by atomic mass is 16.6. The van der Waals surface area contributed by atoms with Gasteiger partial charge >= 0.3 is 5.97 Å². The molecule has 0 aromatic rings. The third-order valence-electron chi connectivity index (χ3n) is 4.93. The first-order valence-corrected chi connectivity index (χ1v) is 6.65. The number of carbonyl (C=O) groups is 1. The first kappa shape index (κ1) is 10.8. The third kappa shape index (κ3) is 1.20. The Balaban J connectivity index is 1.73. The van der Waals surface area contributed by atoms with E-state index in [1.807, 2.05) is 0 Å². The summed E-state index contributed by atoms with van der Waals surface area (Å²) in [4.78, 5) is 14.1. The molecule has 2 saturated heterocycles. The number of esters is 1. The highest BCUT2D eigenvalue weighted by molar-refractivity contribution is 5.88. The predicted octanol–water partition coefficient (Wildman–Crippen LogP) is 1.03. The average molecular weight is 247 g/mol. The number of methoxy groups -OCH3 is 1. The average Bonchev–Trinajstić information content (AvgIpc) is 2.85.